The van der Waals surface area contributed by atoms with Crippen LogP contribution in [0.5, 0.6) is 0 Å². The molecule has 6 heteroatoms. The highest BCUT2D eigenvalue weighted by atomic mass is 35.5. The molecule has 0 radical (unpaired) electrons. The number of aldehydes is 1. The molecular weight excluding hydrogens is 263 g/mol. The van der Waals surface area contributed by atoms with E-state index in [1.807, 2.05) is 6.07 Å². The van der Waals surface area contributed by atoms with Gasteiger partial charge in [-0.05, 0) is 12.1 Å². The van der Waals surface area contributed by atoms with Gasteiger partial charge < -0.3 is 9.73 Å². The number of anilines is 1. The molecule has 2 rings (SSSR count). The Morgan fingerprint density at radius 1 is 1.47 bits per heavy atom. The number of furan rings is 1. The zero-order chi connectivity index (χ0) is 12.3. The second-order valence-corrected chi connectivity index (χ2v) is 4.01. The molecule has 0 aromatic carbocycles. The zero-order valence-electron chi connectivity index (χ0n) is 8.61. The van der Waals surface area contributed by atoms with Crippen LogP contribution >= 0.6 is 23.2 Å². The average Bonchev–Trinajstić information content (AvgIpc) is 2.82. The first-order valence-electron chi connectivity index (χ1n) is 4.78. The van der Waals surface area contributed by atoms with Gasteiger partial charge in [0, 0.05) is 6.07 Å². The number of halogens is 2. The van der Waals surface area contributed by atoms with Crippen LogP contribution in [0.4, 0.5) is 5.69 Å². The highest BCUT2D eigenvalue weighted by molar-refractivity contribution is 6.36. The van der Waals surface area contributed by atoms with E-state index in [-0.39, 0.29) is 15.9 Å². The largest absolute Gasteiger partial charge is 0.467 e. The summed E-state index contributed by atoms with van der Waals surface area (Å²) in [6.45, 7) is 0.450. The summed E-state index contributed by atoms with van der Waals surface area (Å²) in [5, 5.41) is 3.48. The summed E-state index contributed by atoms with van der Waals surface area (Å²) in [7, 11) is 0. The lowest BCUT2D eigenvalue weighted by Crippen LogP contribution is -2.01. The molecule has 0 amide bonds. The smallest absolute Gasteiger partial charge is 0.170 e. The first kappa shape index (κ1) is 12.0. The summed E-state index contributed by atoms with van der Waals surface area (Å²) >= 11 is 11.7. The van der Waals surface area contributed by atoms with Crippen molar-refractivity contribution >= 4 is 35.2 Å². The normalized spacial score (nSPS) is 10.2. The first-order valence-corrected chi connectivity index (χ1v) is 5.54. The number of carbonyl (C=O) groups excluding carboxylic acids is 1. The first-order chi connectivity index (χ1) is 8.20. The summed E-state index contributed by atoms with van der Waals surface area (Å²) in [5.41, 5.74) is 0.659. The number of rotatable bonds is 4. The fourth-order valence-corrected chi connectivity index (χ4v) is 1.73. The molecule has 0 aliphatic heterocycles. The predicted molar refractivity (Wildman–Crippen MR) is 65.7 cm³/mol. The van der Waals surface area contributed by atoms with E-state index in [9.17, 15) is 4.79 Å². The van der Waals surface area contributed by atoms with Crippen LogP contribution < -0.4 is 5.32 Å². The summed E-state index contributed by atoms with van der Waals surface area (Å²) < 4.78 is 5.16. The topological polar surface area (TPSA) is 55.1 Å². The molecule has 0 saturated carbocycles. The lowest BCUT2D eigenvalue weighted by Gasteiger charge is -2.08. The lowest BCUT2D eigenvalue weighted by molar-refractivity contribution is 0.111. The van der Waals surface area contributed by atoms with Gasteiger partial charge in [0.15, 0.2) is 6.29 Å². The number of nitrogens with zero attached hydrogens (tertiary/aromatic N) is 1. The maximum Gasteiger partial charge on any atom is 0.170 e. The van der Waals surface area contributed by atoms with Crippen molar-refractivity contribution in [2.24, 2.45) is 0 Å². The van der Waals surface area contributed by atoms with Crippen molar-refractivity contribution in [1.82, 2.24) is 4.98 Å². The van der Waals surface area contributed by atoms with Crippen molar-refractivity contribution in [3.8, 4) is 0 Å². The molecule has 0 aliphatic carbocycles. The number of carbonyl (C=O) groups is 1. The molecular formula is C11H8Cl2N2O2. The van der Waals surface area contributed by atoms with Crippen molar-refractivity contribution < 1.29 is 9.21 Å². The predicted octanol–water partition coefficient (Wildman–Crippen LogP) is 3.41. The highest BCUT2D eigenvalue weighted by Gasteiger charge is 2.09. The van der Waals surface area contributed by atoms with Gasteiger partial charge in [-0.25, -0.2) is 4.98 Å². The second-order valence-electron chi connectivity index (χ2n) is 3.24. The molecule has 17 heavy (non-hydrogen) atoms. The van der Waals surface area contributed by atoms with Crippen LogP contribution in [0.3, 0.4) is 0 Å². The molecule has 0 fully saturated rings. The van der Waals surface area contributed by atoms with Gasteiger partial charge in [0.25, 0.3) is 0 Å². The number of aromatic nitrogens is 1. The highest BCUT2D eigenvalue weighted by Crippen LogP contribution is 2.27. The van der Waals surface area contributed by atoms with Crippen molar-refractivity contribution in [2.75, 3.05) is 5.32 Å². The molecule has 4 nitrogen and oxygen atoms in total. The SMILES string of the molecule is O=Cc1nc(Cl)cc(NCc2ccco2)c1Cl. The molecule has 0 saturated heterocycles. The number of hydrogen-bond donors (Lipinski definition) is 1. The van der Waals surface area contributed by atoms with E-state index in [0.717, 1.165) is 5.76 Å². The van der Waals surface area contributed by atoms with E-state index < -0.39 is 0 Å². The van der Waals surface area contributed by atoms with Gasteiger partial charge in [-0.1, -0.05) is 23.2 Å². The standard InChI is InChI=1S/C11H8Cl2N2O2/c12-10-4-8(11(13)9(6-16)15-10)14-5-7-2-1-3-17-7/h1-4,6H,5H2,(H,14,15). The van der Waals surface area contributed by atoms with E-state index in [1.165, 1.54) is 0 Å². The summed E-state index contributed by atoms with van der Waals surface area (Å²) in [4.78, 5) is 14.5. The minimum absolute atomic E-state index is 0.112. The van der Waals surface area contributed by atoms with Crippen LogP contribution in [0.15, 0.2) is 28.9 Å². The summed E-state index contributed by atoms with van der Waals surface area (Å²) in [5.74, 6) is 0.752. The van der Waals surface area contributed by atoms with E-state index in [2.05, 4.69) is 10.3 Å². The molecule has 88 valence electrons. The molecule has 0 unspecified atom stereocenters. The Morgan fingerprint density at radius 3 is 2.94 bits per heavy atom. The summed E-state index contributed by atoms with van der Waals surface area (Å²) in [6.07, 6.45) is 2.14. The van der Waals surface area contributed by atoms with Gasteiger partial charge in [-0.3, -0.25) is 4.79 Å². The third-order valence-electron chi connectivity index (χ3n) is 2.10. The molecule has 0 bridgehead atoms. The molecule has 2 heterocycles. The van der Waals surface area contributed by atoms with Gasteiger partial charge in [0.05, 0.1) is 23.5 Å². The Kier molecular flexibility index (Phi) is 3.66. The summed E-state index contributed by atoms with van der Waals surface area (Å²) in [6, 6.07) is 5.17. The van der Waals surface area contributed by atoms with Crippen LogP contribution in [-0.2, 0) is 6.54 Å². The third-order valence-corrected chi connectivity index (χ3v) is 2.69. The molecule has 1 N–H and O–H groups in total. The van der Waals surface area contributed by atoms with E-state index in [4.69, 9.17) is 27.6 Å². The maximum atomic E-state index is 10.7. The Morgan fingerprint density at radius 2 is 2.29 bits per heavy atom. The minimum Gasteiger partial charge on any atom is -0.467 e. The van der Waals surface area contributed by atoms with Crippen LogP contribution in [0.25, 0.3) is 0 Å². The lowest BCUT2D eigenvalue weighted by atomic mass is 10.3. The van der Waals surface area contributed by atoms with Crippen LogP contribution in [0.1, 0.15) is 16.2 Å². The zero-order valence-corrected chi connectivity index (χ0v) is 10.1. The Labute approximate surface area is 108 Å². The Balaban J connectivity index is 2.20. The molecule has 0 spiro atoms. The number of hydrogen-bond acceptors (Lipinski definition) is 4. The number of nitrogens with one attached hydrogen (secondary N) is 1. The van der Waals surface area contributed by atoms with Crippen molar-refractivity contribution in [3.05, 3.63) is 46.1 Å². The molecule has 0 atom stereocenters. The number of pyridine rings is 1. The van der Waals surface area contributed by atoms with Gasteiger partial charge in [-0.15, -0.1) is 0 Å². The van der Waals surface area contributed by atoms with Crippen molar-refractivity contribution in [3.63, 3.8) is 0 Å². The Bertz CT molecular complexity index is 527. The minimum atomic E-state index is 0.112. The molecule has 0 aliphatic rings. The van der Waals surface area contributed by atoms with E-state index in [1.54, 1.807) is 18.4 Å². The van der Waals surface area contributed by atoms with Crippen LogP contribution in [0.2, 0.25) is 10.2 Å². The van der Waals surface area contributed by atoms with Gasteiger partial charge in [0.1, 0.15) is 16.6 Å². The van der Waals surface area contributed by atoms with E-state index in [0.29, 0.717) is 18.5 Å². The maximum absolute atomic E-state index is 10.7. The molecule has 2 aromatic rings. The molecule has 2 aromatic heterocycles. The second kappa shape index (κ2) is 5.21. The Hall–Kier alpha value is -1.52. The van der Waals surface area contributed by atoms with Gasteiger partial charge in [0.2, 0.25) is 0 Å². The monoisotopic (exact) mass is 270 g/mol. The quantitative estimate of drug-likeness (QED) is 0.683. The van der Waals surface area contributed by atoms with Crippen molar-refractivity contribution in [2.45, 2.75) is 6.54 Å². The fourth-order valence-electron chi connectivity index (χ4n) is 1.32. The fraction of sp³-hybridized carbons (Fsp3) is 0.0909. The van der Waals surface area contributed by atoms with E-state index >= 15 is 0 Å². The van der Waals surface area contributed by atoms with Gasteiger partial charge >= 0.3 is 0 Å². The van der Waals surface area contributed by atoms with Crippen molar-refractivity contribution in [1.29, 1.82) is 0 Å². The van der Waals surface area contributed by atoms with Crippen LogP contribution in [-0.4, -0.2) is 11.3 Å². The van der Waals surface area contributed by atoms with Gasteiger partial charge in [-0.2, -0.15) is 0 Å². The third kappa shape index (κ3) is 2.78. The van der Waals surface area contributed by atoms with Crippen LogP contribution in [0, 0.1) is 0 Å². The average molecular weight is 271 g/mol.